The van der Waals surface area contributed by atoms with Gasteiger partial charge in [-0.25, -0.2) is 4.98 Å². The number of carbonyl (C=O) groups excluding carboxylic acids is 1. The quantitative estimate of drug-likeness (QED) is 0.511. The maximum absolute atomic E-state index is 12.8. The Morgan fingerprint density at radius 1 is 1.29 bits per heavy atom. The van der Waals surface area contributed by atoms with E-state index in [4.69, 9.17) is 4.98 Å². The Kier molecular flexibility index (Phi) is 5.50. The summed E-state index contributed by atoms with van der Waals surface area (Å²) in [5.74, 6) is 0.244. The lowest BCUT2D eigenvalue weighted by molar-refractivity contribution is -0.119. The molecule has 0 saturated heterocycles. The van der Waals surface area contributed by atoms with Crippen LogP contribution in [0.2, 0.25) is 0 Å². The van der Waals surface area contributed by atoms with E-state index in [-0.39, 0.29) is 17.2 Å². The lowest BCUT2D eigenvalue weighted by Gasteiger charge is -2.12. The van der Waals surface area contributed by atoms with Gasteiger partial charge in [-0.3, -0.25) is 14.2 Å². The van der Waals surface area contributed by atoms with Gasteiger partial charge in [0.1, 0.15) is 15.9 Å². The average molecular weight is 415 g/mol. The Morgan fingerprint density at radius 2 is 2.00 bits per heavy atom. The fraction of sp³-hybridized carbons (Fsp3) is 0.400. The average Bonchev–Trinajstić information content (AvgIpc) is 3.34. The van der Waals surface area contributed by atoms with Crippen molar-refractivity contribution in [2.75, 3.05) is 5.75 Å². The molecule has 0 bridgehead atoms. The minimum Gasteiger partial charge on any atom is -0.353 e. The van der Waals surface area contributed by atoms with Crippen LogP contribution in [0.5, 0.6) is 0 Å². The second-order valence-electron chi connectivity index (χ2n) is 7.17. The summed E-state index contributed by atoms with van der Waals surface area (Å²) in [6.07, 6.45) is 4.47. The molecule has 1 saturated carbocycles. The molecule has 0 atom stereocenters. The molecule has 0 aliphatic heterocycles. The summed E-state index contributed by atoms with van der Waals surface area (Å²) in [5, 5.41) is 3.61. The molecule has 1 N–H and O–H groups in total. The van der Waals surface area contributed by atoms with E-state index in [9.17, 15) is 9.59 Å². The van der Waals surface area contributed by atoms with Crippen LogP contribution >= 0.6 is 23.3 Å². The number of hydrogen-bond donors (Lipinski definition) is 1. The zero-order valence-electron chi connectivity index (χ0n) is 15.9. The molecule has 1 amide bonds. The predicted molar refractivity (Wildman–Crippen MR) is 114 cm³/mol. The van der Waals surface area contributed by atoms with Crippen molar-refractivity contribution >= 4 is 39.4 Å². The van der Waals surface area contributed by atoms with Gasteiger partial charge in [0.2, 0.25) is 5.91 Å². The third-order valence-electron chi connectivity index (χ3n) is 5.04. The van der Waals surface area contributed by atoms with Crippen molar-refractivity contribution in [1.82, 2.24) is 19.2 Å². The van der Waals surface area contributed by atoms with Gasteiger partial charge in [-0.15, -0.1) is 0 Å². The van der Waals surface area contributed by atoms with E-state index in [0.717, 1.165) is 29.7 Å². The third-order valence-corrected chi connectivity index (χ3v) is 6.89. The highest BCUT2D eigenvalue weighted by molar-refractivity contribution is 7.99. The Bertz CT molecular complexity index is 1070. The molecular weight excluding hydrogens is 392 g/mol. The van der Waals surface area contributed by atoms with Crippen LogP contribution in [0.1, 0.15) is 31.2 Å². The van der Waals surface area contributed by atoms with Gasteiger partial charge in [0.15, 0.2) is 5.16 Å². The number of hydrogen-bond acceptors (Lipinski definition) is 6. The summed E-state index contributed by atoms with van der Waals surface area (Å²) in [4.78, 5) is 29.7. The van der Waals surface area contributed by atoms with Crippen LogP contribution in [0.15, 0.2) is 34.2 Å². The molecule has 1 aliphatic carbocycles. The maximum Gasteiger partial charge on any atom is 0.273 e. The number of nitrogens with zero attached hydrogens (tertiary/aromatic N) is 3. The van der Waals surface area contributed by atoms with Crippen molar-refractivity contribution in [1.29, 1.82) is 0 Å². The van der Waals surface area contributed by atoms with E-state index < -0.39 is 0 Å². The first-order valence-electron chi connectivity index (χ1n) is 9.38. The van der Waals surface area contributed by atoms with Crippen molar-refractivity contribution < 1.29 is 4.79 Å². The second kappa shape index (κ2) is 8.05. The molecule has 0 radical (unpaired) electrons. The number of rotatable bonds is 5. The highest BCUT2D eigenvalue weighted by Gasteiger charge is 2.19. The highest BCUT2D eigenvalue weighted by Crippen LogP contribution is 2.29. The number of aryl methyl sites for hydroxylation is 1. The van der Waals surface area contributed by atoms with Crippen LogP contribution in [0, 0.1) is 6.92 Å². The first-order chi connectivity index (χ1) is 13.5. The molecule has 146 valence electrons. The minimum atomic E-state index is -0.125. The lowest BCUT2D eigenvalue weighted by Crippen LogP contribution is -2.34. The van der Waals surface area contributed by atoms with Crippen molar-refractivity contribution in [2.45, 2.75) is 43.8 Å². The smallest absolute Gasteiger partial charge is 0.273 e. The molecule has 2 heterocycles. The van der Waals surface area contributed by atoms with Crippen LogP contribution in [0.4, 0.5) is 0 Å². The summed E-state index contributed by atoms with van der Waals surface area (Å²) < 4.78 is 6.53. The molecule has 28 heavy (non-hydrogen) atoms. The minimum absolute atomic E-state index is 0.00607. The fourth-order valence-electron chi connectivity index (χ4n) is 3.44. The van der Waals surface area contributed by atoms with Gasteiger partial charge in [-0.05, 0) is 31.3 Å². The van der Waals surface area contributed by atoms with Crippen LogP contribution in [0.25, 0.3) is 21.5 Å². The van der Waals surface area contributed by atoms with Crippen molar-refractivity contribution in [3.63, 3.8) is 0 Å². The highest BCUT2D eigenvalue weighted by atomic mass is 32.2. The van der Waals surface area contributed by atoms with E-state index in [1.54, 1.807) is 7.05 Å². The van der Waals surface area contributed by atoms with Crippen LogP contribution in [0.3, 0.4) is 0 Å². The van der Waals surface area contributed by atoms with E-state index in [1.165, 1.54) is 40.7 Å². The van der Waals surface area contributed by atoms with E-state index in [0.29, 0.717) is 21.4 Å². The van der Waals surface area contributed by atoms with Crippen molar-refractivity contribution in [3.8, 4) is 11.3 Å². The van der Waals surface area contributed by atoms with E-state index in [2.05, 4.69) is 9.69 Å². The van der Waals surface area contributed by atoms with Gasteiger partial charge in [0.05, 0.1) is 5.75 Å². The van der Waals surface area contributed by atoms with E-state index in [1.807, 2.05) is 31.2 Å². The molecule has 2 aromatic heterocycles. The van der Waals surface area contributed by atoms with Gasteiger partial charge in [-0.2, -0.15) is 4.37 Å². The van der Waals surface area contributed by atoms with E-state index >= 15 is 0 Å². The zero-order valence-corrected chi connectivity index (χ0v) is 17.5. The monoisotopic (exact) mass is 414 g/mol. The number of fused-ring (bicyclic) bond motifs is 1. The first kappa shape index (κ1) is 19.1. The molecule has 3 aromatic rings. The Morgan fingerprint density at radius 3 is 2.71 bits per heavy atom. The van der Waals surface area contributed by atoms with Crippen molar-refractivity contribution in [3.05, 3.63) is 40.2 Å². The van der Waals surface area contributed by atoms with Gasteiger partial charge < -0.3 is 5.32 Å². The molecule has 1 fully saturated rings. The van der Waals surface area contributed by atoms with Crippen LogP contribution in [-0.2, 0) is 11.8 Å². The molecular formula is C20H22N4O2S2. The zero-order chi connectivity index (χ0) is 19.7. The Labute approximate surface area is 171 Å². The number of amides is 1. The SMILES string of the molecule is Cc1ccc(-c2nsc3c(=O)n(C)c(SCC(=O)NC4CCCC4)nc23)cc1. The van der Waals surface area contributed by atoms with Crippen molar-refractivity contribution in [2.24, 2.45) is 7.05 Å². The summed E-state index contributed by atoms with van der Waals surface area (Å²) in [6.45, 7) is 2.03. The summed E-state index contributed by atoms with van der Waals surface area (Å²) in [6, 6.07) is 8.31. The topological polar surface area (TPSA) is 76.9 Å². The maximum atomic E-state index is 12.8. The van der Waals surface area contributed by atoms with Gasteiger partial charge in [0.25, 0.3) is 5.56 Å². The summed E-state index contributed by atoms with van der Waals surface area (Å²) in [7, 11) is 1.69. The molecule has 1 aromatic carbocycles. The summed E-state index contributed by atoms with van der Waals surface area (Å²) >= 11 is 2.47. The first-order valence-corrected chi connectivity index (χ1v) is 11.1. The molecule has 0 unspecified atom stereocenters. The van der Waals surface area contributed by atoms with Gasteiger partial charge in [0, 0.05) is 18.7 Å². The Hall–Kier alpha value is -2.19. The standard InChI is InChI=1S/C20H22N4O2S2/c1-12-7-9-13(10-8-12)16-17-18(28-23-16)19(26)24(2)20(22-17)27-11-15(25)21-14-5-3-4-6-14/h7-10,14H,3-6,11H2,1-2H3,(H,21,25). The number of carbonyl (C=O) groups is 1. The summed E-state index contributed by atoms with van der Waals surface area (Å²) in [5.41, 5.74) is 3.30. The molecule has 8 heteroatoms. The van der Waals surface area contributed by atoms with Gasteiger partial charge in [-0.1, -0.05) is 54.4 Å². The molecule has 1 aliphatic rings. The largest absolute Gasteiger partial charge is 0.353 e. The Balaban J connectivity index is 1.60. The van der Waals surface area contributed by atoms with Crippen LogP contribution in [-0.4, -0.2) is 31.6 Å². The lowest BCUT2D eigenvalue weighted by atomic mass is 10.1. The molecule has 0 spiro atoms. The van der Waals surface area contributed by atoms with Crippen LogP contribution < -0.4 is 10.9 Å². The normalized spacial score (nSPS) is 14.6. The number of nitrogens with one attached hydrogen (secondary N) is 1. The fourth-order valence-corrected chi connectivity index (χ4v) is 5.03. The molecule has 6 nitrogen and oxygen atoms in total. The predicted octanol–water partition coefficient (Wildman–Crippen LogP) is 3.52. The van der Waals surface area contributed by atoms with Gasteiger partial charge >= 0.3 is 0 Å². The second-order valence-corrected chi connectivity index (χ2v) is 8.89. The number of aromatic nitrogens is 3. The number of benzene rings is 1. The third kappa shape index (κ3) is 3.84. The molecule has 4 rings (SSSR count). The number of thioether (sulfide) groups is 1.